The first-order chi connectivity index (χ1) is 11.2. The summed E-state index contributed by atoms with van der Waals surface area (Å²) in [6.45, 7) is 6.06. The fraction of sp³-hybridized carbons (Fsp3) is 0.450. The van der Waals surface area contributed by atoms with E-state index in [4.69, 9.17) is 0 Å². The van der Waals surface area contributed by atoms with Crippen LogP contribution in [0.15, 0.2) is 42.5 Å². The molecule has 1 heterocycles. The van der Waals surface area contributed by atoms with Gasteiger partial charge in [0, 0.05) is 31.1 Å². The van der Waals surface area contributed by atoms with Gasteiger partial charge in [-0.15, -0.1) is 0 Å². The second-order valence-corrected chi connectivity index (χ2v) is 7.03. The van der Waals surface area contributed by atoms with Gasteiger partial charge in [-0.25, -0.2) is 0 Å². The van der Waals surface area contributed by atoms with Gasteiger partial charge in [0.2, 0.25) is 5.91 Å². The Morgan fingerprint density at radius 1 is 1.13 bits per heavy atom. The monoisotopic (exact) mass is 308 g/mol. The molecule has 2 aliphatic rings. The lowest BCUT2D eigenvalue weighted by atomic mass is 9.99. The standard InChI is InChI=1S/C20H24N2O/c1-13-14(2)22(11-10-21-13)20(23)19-12-18(19)17-9-5-7-15-6-3-4-8-16(15)17/h3-9,13-14,18-19,21H,10-12H2,1-2H3. The summed E-state index contributed by atoms with van der Waals surface area (Å²) in [5, 5.41) is 6.02. The highest BCUT2D eigenvalue weighted by Crippen LogP contribution is 2.50. The molecule has 1 aliphatic heterocycles. The van der Waals surface area contributed by atoms with E-state index in [9.17, 15) is 4.79 Å². The molecule has 2 aromatic carbocycles. The molecule has 4 unspecified atom stereocenters. The van der Waals surface area contributed by atoms with Gasteiger partial charge in [0.25, 0.3) is 0 Å². The Hall–Kier alpha value is -1.87. The maximum atomic E-state index is 12.9. The zero-order valence-electron chi connectivity index (χ0n) is 13.8. The van der Waals surface area contributed by atoms with Crippen molar-refractivity contribution in [2.75, 3.05) is 13.1 Å². The Morgan fingerprint density at radius 2 is 1.91 bits per heavy atom. The summed E-state index contributed by atoms with van der Waals surface area (Å²) in [6, 6.07) is 15.6. The second-order valence-electron chi connectivity index (χ2n) is 7.03. The number of benzene rings is 2. The third kappa shape index (κ3) is 2.53. The van der Waals surface area contributed by atoms with Crippen LogP contribution in [0.25, 0.3) is 10.8 Å². The number of hydrogen-bond donors (Lipinski definition) is 1. The van der Waals surface area contributed by atoms with E-state index in [1.165, 1.54) is 16.3 Å². The second kappa shape index (κ2) is 5.64. The normalized spacial score (nSPS) is 30.4. The van der Waals surface area contributed by atoms with E-state index in [0.29, 0.717) is 17.9 Å². The SMILES string of the molecule is CC1NCCN(C(=O)C2CC2c2cccc3ccccc23)C1C. The van der Waals surface area contributed by atoms with Gasteiger partial charge in [0.05, 0.1) is 0 Å². The van der Waals surface area contributed by atoms with Crippen molar-refractivity contribution in [1.82, 2.24) is 10.2 Å². The van der Waals surface area contributed by atoms with Crippen LogP contribution in [0.3, 0.4) is 0 Å². The number of fused-ring (bicyclic) bond motifs is 1. The molecule has 0 bridgehead atoms. The smallest absolute Gasteiger partial charge is 0.226 e. The molecule has 2 aromatic rings. The fourth-order valence-electron chi connectivity index (χ4n) is 3.97. The number of carbonyl (C=O) groups is 1. The van der Waals surface area contributed by atoms with Crippen LogP contribution in [0.1, 0.15) is 31.7 Å². The van der Waals surface area contributed by atoms with Crippen molar-refractivity contribution in [3.63, 3.8) is 0 Å². The Bertz CT molecular complexity index is 736. The average molecular weight is 308 g/mol. The molecule has 2 fully saturated rings. The van der Waals surface area contributed by atoms with Crippen LogP contribution in [0.2, 0.25) is 0 Å². The molecule has 3 nitrogen and oxygen atoms in total. The van der Waals surface area contributed by atoms with E-state index in [-0.39, 0.29) is 12.0 Å². The molecule has 4 rings (SSSR count). The first kappa shape index (κ1) is 14.7. The first-order valence-electron chi connectivity index (χ1n) is 8.68. The van der Waals surface area contributed by atoms with Crippen LogP contribution < -0.4 is 5.32 Å². The molecule has 3 heteroatoms. The van der Waals surface area contributed by atoms with Gasteiger partial charge < -0.3 is 10.2 Å². The van der Waals surface area contributed by atoms with Gasteiger partial charge >= 0.3 is 0 Å². The third-order valence-corrected chi connectivity index (χ3v) is 5.65. The summed E-state index contributed by atoms with van der Waals surface area (Å²) in [5.74, 6) is 0.920. The molecular weight excluding hydrogens is 284 g/mol. The Labute approximate surface area is 137 Å². The highest BCUT2D eigenvalue weighted by atomic mass is 16.2. The van der Waals surface area contributed by atoms with Gasteiger partial charge in [0.15, 0.2) is 0 Å². The molecule has 0 radical (unpaired) electrons. The molecule has 1 saturated carbocycles. The Kier molecular flexibility index (Phi) is 3.61. The largest absolute Gasteiger partial charge is 0.337 e. The van der Waals surface area contributed by atoms with Crippen LogP contribution in [-0.4, -0.2) is 36.0 Å². The number of carbonyl (C=O) groups excluding carboxylic acids is 1. The molecule has 1 saturated heterocycles. The lowest BCUT2D eigenvalue weighted by molar-refractivity contribution is -0.136. The van der Waals surface area contributed by atoms with E-state index >= 15 is 0 Å². The van der Waals surface area contributed by atoms with Crippen molar-refractivity contribution >= 4 is 16.7 Å². The van der Waals surface area contributed by atoms with Crippen LogP contribution >= 0.6 is 0 Å². The topological polar surface area (TPSA) is 32.3 Å². The fourth-order valence-corrected chi connectivity index (χ4v) is 3.97. The van der Waals surface area contributed by atoms with E-state index in [2.05, 4.69) is 66.5 Å². The minimum absolute atomic E-state index is 0.175. The third-order valence-electron chi connectivity index (χ3n) is 5.65. The summed E-state index contributed by atoms with van der Waals surface area (Å²) in [6.07, 6.45) is 0.998. The summed E-state index contributed by atoms with van der Waals surface area (Å²) >= 11 is 0. The van der Waals surface area contributed by atoms with E-state index in [0.717, 1.165) is 19.5 Å². The maximum Gasteiger partial charge on any atom is 0.226 e. The number of nitrogens with one attached hydrogen (secondary N) is 1. The highest BCUT2D eigenvalue weighted by molar-refractivity contribution is 5.89. The molecule has 120 valence electrons. The highest BCUT2D eigenvalue weighted by Gasteiger charge is 2.47. The molecule has 0 spiro atoms. The van der Waals surface area contributed by atoms with E-state index in [1.807, 2.05) is 0 Å². The summed E-state index contributed by atoms with van der Waals surface area (Å²) < 4.78 is 0. The van der Waals surface area contributed by atoms with Crippen LogP contribution in [0.5, 0.6) is 0 Å². The summed E-state index contributed by atoms with van der Waals surface area (Å²) in [7, 11) is 0. The number of rotatable bonds is 2. The molecule has 1 N–H and O–H groups in total. The van der Waals surface area contributed by atoms with Gasteiger partial charge in [-0.1, -0.05) is 42.5 Å². The number of nitrogens with zero attached hydrogens (tertiary/aromatic N) is 1. The quantitative estimate of drug-likeness (QED) is 0.924. The number of amides is 1. The van der Waals surface area contributed by atoms with Crippen molar-refractivity contribution in [2.24, 2.45) is 5.92 Å². The van der Waals surface area contributed by atoms with E-state index in [1.54, 1.807) is 0 Å². The zero-order valence-corrected chi connectivity index (χ0v) is 13.8. The van der Waals surface area contributed by atoms with Gasteiger partial charge in [0.1, 0.15) is 0 Å². The molecule has 1 aliphatic carbocycles. The van der Waals surface area contributed by atoms with Crippen molar-refractivity contribution in [2.45, 2.75) is 38.3 Å². The minimum Gasteiger partial charge on any atom is -0.337 e. The van der Waals surface area contributed by atoms with Crippen molar-refractivity contribution in [3.05, 3.63) is 48.0 Å². The molecule has 4 atom stereocenters. The molecule has 0 aromatic heterocycles. The van der Waals surface area contributed by atoms with Gasteiger partial charge in [-0.05, 0) is 42.5 Å². The molecular formula is C20H24N2O. The van der Waals surface area contributed by atoms with Crippen LogP contribution in [-0.2, 0) is 4.79 Å². The van der Waals surface area contributed by atoms with Crippen LogP contribution in [0.4, 0.5) is 0 Å². The lowest BCUT2D eigenvalue weighted by Crippen LogP contribution is -2.57. The average Bonchev–Trinajstić information content (AvgIpc) is 3.37. The van der Waals surface area contributed by atoms with Crippen LogP contribution in [0, 0.1) is 5.92 Å². The summed E-state index contributed by atoms with van der Waals surface area (Å²) in [4.78, 5) is 15.0. The molecule has 23 heavy (non-hydrogen) atoms. The predicted molar refractivity (Wildman–Crippen MR) is 93.4 cm³/mol. The first-order valence-corrected chi connectivity index (χ1v) is 8.68. The van der Waals surface area contributed by atoms with Crippen molar-refractivity contribution in [1.29, 1.82) is 0 Å². The number of hydrogen-bond acceptors (Lipinski definition) is 2. The maximum absolute atomic E-state index is 12.9. The Balaban J connectivity index is 1.56. The number of piperazine rings is 1. The van der Waals surface area contributed by atoms with Gasteiger partial charge in [-0.3, -0.25) is 4.79 Å². The molecule has 1 amide bonds. The van der Waals surface area contributed by atoms with E-state index < -0.39 is 0 Å². The van der Waals surface area contributed by atoms with Gasteiger partial charge in [-0.2, -0.15) is 0 Å². The minimum atomic E-state index is 0.175. The van der Waals surface area contributed by atoms with Crippen molar-refractivity contribution in [3.8, 4) is 0 Å². The lowest BCUT2D eigenvalue weighted by Gasteiger charge is -2.39. The zero-order chi connectivity index (χ0) is 16.0. The predicted octanol–water partition coefficient (Wildman–Crippen LogP) is 3.15. The summed E-state index contributed by atoms with van der Waals surface area (Å²) in [5.41, 5.74) is 1.34. The Morgan fingerprint density at radius 3 is 2.78 bits per heavy atom. The van der Waals surface area contributed by atoms with Crippen molar-refractivity contribution < 1.29 is 4.79 Å².